The van der Waals surface area contributed by atoms with Gasteiger partial charge in [-0.25, -0.2) is 4.39 Å². The number of aliphatic hydroxyl groups is 1. The molecule has 4 rings (SSSR count). The first-order valence-corrected chi connectivity index (χ1v) is 13.0. The van der Waals surface area contributed by atoms with E-state index in [9.17, 15) is 14.7 Å². The molecule has 3 atom stereocenters. The minimum Gasteiger partial charge on any atom is -0.486 e. The number of carbonyl (C=O) groups excluding carboxylic acids is 1. The topological polar surface area (TPSA) is 105 Å². The fourth-order valence-electron chi connectivity index (χ4n) is 4.52. The summed E-state index contributed by atoms with van der Waals surface area (Å²) in [5.41, 5.74) is 1.38. The lowest BCUT2D eigenvalue weighted by Gasteiger charge is -2.22. The van der Waals surface area contributed by atoms with Gasteiger partial charge in [0.1, 0.15) is 29.2 Å². The van der Waals surface area contributed by atoms with E-state index in [0.29, 0.717) is 46.8 Å². The van der Waals surface area contributed by atoms with Crippen molar-refractivity contribution in [1.29, 1.82) is 0 Å². The van der Waals surface area contributed by atoms with Crippen LogP contribution < -0.4 is 14.8 Å². The molecule has 3 aromatic rings. The maximum atomic E-state index is 15.1. The van der Waals surface area contributed by atoms with Crippen molar-refractivity contribution in [1.82, 2.24) is 5.32 Å². The lowest BCUT2D eigenvalue weighted by atomic mass is 9.99. The number of hydrogen-bond acceptors (Lipinski definition) is 5. The summed E-state index contributed by atoms with van der Waals surface area (Å²) in [5, 5.41) is 21.6. The lowest BCUT2D eigenvalue weighted by Crippen LogP contribution is -2.38. The average Bonchev–Trinajstić information content (AvgIpc) is 3.70. The number of hydrogen-bond donors (Lipinski definition) is 3. The molecule has 7 nitrogen and oxygen atoms in total. The molecule has 206 valence electrons. The first-order chi connectivity index (χ1) is 18.5. The Morgan fingerprint density at radius 1 is 1.05 bits per heavy atom. The van der Waals surface area contributed by atoms with E-state index >= 15 is 4.39 Å². The van der Waals surface area contributed by atoms with Gasteiger partial charge in [-0.05, 0) is 93.6 Å². The number of benzene rings is 3. The van der Waals surface area contributed by atoms with Crippen LogP contribution in [-0.2, 0) is 4.79 Å². The highest BCUT2D eigenvalue weighted by Gasteiger charge is 2.44. The summed E-state index contributed by atoms with van der Waals surface area (Å²) in [6, 6.07) is 16.8. The number of amides is 1. The molecule has 1 aliphatic carbocycles. The summed E-state index contributed by atoms with van der Waals surface area (Å²) in [5.74, 6) is -0.252. The van der Waals surface area contributed by atoms with Crippen molar-refractivity contribution in [3.05, 3.63) is 88.7 Å². The minimum atomic E-state index is -1.01. The largest absolute Gasteiger partial charge is 0.486 e. The van der Waals surface area contributed by atoms with Crippen LogP contribution in [0.2, 0.25) is 0 Å². The number of carboxylic acid groups (broad SMARTS) is 1. The van der Waals surface area contributed by atoms with E-state index in [4.69, 9.17) is 14.6 Å². The van der Waals surface area contributed by atoms with Gasteiger partial charge in [-0.3, -0.25) is 9.59 Å². The number of nitrogens with one attached hydrogen (secondary N) is 1. The molecule has 3 N–H and O–H groups in total. The van der Waals surface area contributed by atoms with Gasteiger partial charge in [0.25, 0.3) is 5.91 Å². The second-order valence-corrected chi connectivity index (χ2v) is 10.6. The predicted molar refractivity (Wildman–Crippen MR) is 145 cm³/mol. The summed E-state index contributed by atoms with van der Waals surface area (Å²) in [6.45, 7) is 7.04. The van der Waals surface area contributed by atoms with Gasteiger partial charge >= 0.3 is 5.97 Å². The van der Waals surface area contributed by atoms with Gasteiger partial charge in [0.05, 0.1) is 11.5 Å². The molecule has 0 radical (unpaired) electrons. The Balaban J connectivity index is 1.46. The normalized spacial score (nSPS) is 17.3. The molecule has 1 fully saturated rings. The minimum absolute atomic E-state index is 0.0307. The third-order valence-corrected chi connectivity index (χ3v) is 6.82. The van der Waals surface area contributed by atoms with Crippen LogP contribution in [0.15, 0.2) is 60.7 Å². The van der Waals surface area contributed by atoms with Crippen LogP contribution in [-0.4, -0.2) is 34.2 Å². The molecule has 0 spiro atoms. The molecule has 0 heterocycles. The van der Waals surface area contributed by atoms with Gasteiger partial charge in [-0.15, -0.1) is 0 Å². The van der Waals surface area contributed by atoms with Crippen LogP contribution in [0.4, 0.5) is 4.39 Å². The Morgan fingerprint density at radius 3 is 2.26 bits per heavy atom. The van der Waals surface area contributed by atoms with Crippen LogP contribution in [0.3, 0.4) is 0 Å². The van der Waals surface area contributed by atoms with E-state index in [0.717, 1.165) is 5.56 Å². The lowest BCUT2D eigenvalue weighted by molar-refractivity contribution is -0.138. The number of carboxylic acids is 1. The SMILES string of the molecule is CC[C@@H](Oc1ccc([C@H]2C[C@@H]2C(=O)O)cc1)c1c(F)ccc(Oc2ccc(C(=O)NCC(C)(C)O)cc2)c1C. The number of rotatable bonds is 11. The molecular weight excluding hydrogens is 501 g/mol. The number of ether oxygens (including phenoxy) is 2. The summed E-state index contributed by atoms with van der Waals surface area (Å²) in [6.07, 6.45) is 0.595. The van der Waals surface area contributed by atoms with Crippen molar-refractivity contribution in [2.75, 3.05) is 6.54 Å². The monoisotopic (exact) mass is 535 g/mol. The molecule has 1 aliphatic rings. The van der Waals surface area contributed by atoms with Crippen LogP contribution in [0.1, 0.15) is 72.7 Å². The van der Waals surface area contributed by atoms with Crippen molar-refractivity contribution < 1.29 is 33.7 Å². The van der Waals surface area contributed by atoms with Crippen LogP contribution in [0.25, 0.3) is 0 Å². The summed E-state index contributed by atoms with van der Waals surface area (Å²) >= 11 is 0. The Hall–Kier alpha value is -3.91. The van der Waals surface area contributed by atoms with E-state index in [1.807, 2.05) is 19.1 Å². The maximum absolute atomic E-state index is 15.1. The van der Waals surface area contributed by atoms with Crippen LogP contribution in [0.5, 0.6) is 17.2 Å². The highest BCUT2D eigenvalue weighted by molar-refractivity contribution is 5.94. The molecule has 0 aromatic heterocycles. The fraction of sp³-hybridized carbons (Fsp3) is 0.355. The van der Waals surface area contributed by atoms with Crippen LogP contribution >= 0.6 is 0 Å². The van der Waals surface area contributed by atoms with Crippen molar-refractivity contribution >= 4 is 11.9 Å². The zero-order valence-corrected chi connectivity index (χ0v) is 22.5. The Bertz CT molecular complexity index is 1330. The van der Waals surface area contributed by atoms with Crippen molar-refractivity contribution in [3.8, 4) is 17.2 Å². The second kappa shape index (κ2) is 11.5. The first-order valence-electron chi connectivity index (χ1n) is 13.0. The molecule has 1 amide bonds. The maximum Gasteiger partial charge on any atom is 0.307 e. The van der Waals surface area contributed by atoms with Gasteiger partial charge in [0.2, 0.25) is 0 Å². The molecule has 0 saturated heterocycles. The zero-order valence-electron chi connectivity index (χ0n) is 22.5. The molecular formula is C31H34FNO6. The van der Waals surface area contributed by atoms with E-state index in [2.05, 4.69) is 5.32 Å². The first kappa shape index (κ1) is 28.1. The van der Waals surface area contributed by atoms with Gasteiger partial charge in [0, 0.05) is 23.2 Å². The van der Waals surface area contributed by atoms with Gasteiger partial charge in [0.15, 0.2) is 0 Å². The molecule has 8 heteroatoms. The van der Waals surface area contributed by atoms with Gasteiger partial charge in [-0.2, -0.15) is 0 Å². The molecule has 0 bridgehead atoms. The molecule has 0 aliphatic heterocycles. The standard InChI is InChI=1S/C31H34FNO6/c1-5-26(38-21-10-6-19(7-11-21)23-16-24(23)30(35)36)28-18(2)27(15-14-25(28)32)39-22-12-8-20(9-13-22)29(34)33-17-31(3,4)37/h6-15,23-24,26,37H,5,16-17H2,1-4H3,(H,33,34)(H,35,36)/t23-,24+,26-/m1/s1. The Kier molecular flexibility index (Phi) is 8.25. The average molecular weight is 536 g/mol. The number of carbonyl (C=O) groups is 2. The smallest absolute Gasteiger partial charge is 0.307 e. The van der Waals surface area contributed by atoms with E-state index in [1.165, 1.54) is 6.07 Å². The molecule has 39 heavy (non-hydrogen) atoms. The summed E-state index contributed by atoms with van der Waals surface area (Å²) in [7, 11) is 0. The van der Waals surface area contributed by atoms with Crippen molar-refractivity contribution in [3.63, 3.8) is 0 Å². The molecule has 1 saturated carbocycles. The fourth-order valence-corrected chi connectivity index (χ4v) is 4.52. The second-order valence-electron chi connectivity index (χ2n) is 10.6. The Morgan fingerprint density at radius 2 is 1.69 bits per heavy atom. The summed E-state index contributed by atoms with van der Waals surface area (Å²) in [4.78, 5) is 23.5. The van der Waals surface area contributed by atoms with Crippen molar-refractivity contribution in [2.24, 2.45) is 5.92 Å². The van der Waals surface area contributed by atoms with Crippen LogP contribution in [0, 0.1) is 18.7 Å². The zero-order chi connectivity index (χ0) is 28.3. The van der Waals surface area contributed by atoms with Gasteiger partial charge < -0.3 is 25.0 Å². The van der Waals surface area contributed by atoms with E-state index in [1.54, 1.807) is 63.2 Å². The number of aliphatic carboxylic acids is 1. The number of halogens is 1. The van der Waals surface area contributed by atoms with Gasteiger partial charge in [-0.1, -0.05) is 19.1 Å². The predicted octanol–water partition coefficient (Wildman–Crippen LogP) is 6.15. The van der Waals surface area contributed by atoms with Crippen molar-refractivity contribution in [2.45, 2.75) is 58.2 Å². The highest BCUT2D eigenvalue weighted by Crippen LogP contribution is 2.48. The quantitative estimate of drug-likeness (QED) is 0.272. The third kappa shape index (κ3) is 6.95. The molecule has 0 unspecified atom stereocenters. The summed E-state index contributed by atoms with van der Waals surface area (Å²) < 4.78 is 27.2. The van der Waals surface area contributed by atoms with E-state index in [-0.39, 0.29) is 24.3 Å². The Labute approximate surface area is 227 Å². The third-order valence-electron chi connectivity index (χ3n) is 6.82. The highest BCUT2D eigenvalue weighted by atomic mass is 19.1. The molecule has 3 aromatic carbocycles. The van der Waals surface area contributed by atoms with E-state index < -0.39 is 23.5 Å².